The fourth-order valence-corrected chi connectivity index (χ4v) is 2.93. The van der Waals surface area contributed by atoms with Crippen molar-refractivity contribution >= 4 is 5.78 Å². The van der Waals surface area contributed by atoms with Crippen LogP contribution in [0.5, 0.6) is 0 Å². The minimum atomic E-state index is -0.247. The molecule has 0 fully saturated rings. The average molecular weight is 269 g/mol. The Labute approximate surface area is 118 Å². The molecule has 0 radical (unpaired) electrons. The second-order valence-corrected chi connectivity index (χ2v) is 6.16. The third kappa shape index (κ3) is 1.79. The van der Waals surface area contributed by atoms with Gasteiger partial charge in [-0.15, -0.1) is 0 Å². The van der Waals surface area contributed by atoms with Gasteiger partial charge in [0.2, 0.25) is 0 Å². The highest BCUT2D eigenvalue weighted by molar-refractivity contribution is 6.00. The van der Waals surface area contributed by atoms with Crippen molar-refractivity contribution < 1.29 is 4.79 Å². The molecule has 0 amide bonds. The van der Waals surface area contributed by atoms with Crippen molar-refractivity contribution in [3.05, 3.63) is 47.3 Å². The molecule has 0 saturated carbocycles. The number of para-hydroxylation sites is 1. The van der Waals surface area contributed by atoms with E-state index < -0.39 is 0 Å². The number of Topliss-reactive ketones (excluding diaryl/α,β-unsaturated/α-hetero) is 1. The zero-order valence-electron chi connectivity index (χ0n) is 12.1. The Hall–Kier alpha value is -1.94. The molecule has 20 heavy (non-hydrogen) atoms. The van der Waals surface area contributed by atoms with Crippen molar-refractivity contribution in [2.45, 2.75) is 33.2 Å². The number of aromatic nitrogens is 2. The number of carbonyl (C=O) groups is 1. The zero-order valence-corrected chi connectivity index (χ0v) is 12.1. The number of ketones is 1. The second-order valence-electron chi connectivity index (χ2n) is 6.16. The first-order valence-corrected chi connectivity index (χ1v) is 6.85. The van der Waals surface area contributed by atoms with Gasteiger partial charge < -0.3 is 5.73 Å². The maximum atomic E-state index is 12.4. The third-order valence-electron chi connectivity index (χ3n) is 4.13. The molecular weight excluding hydrogens is 250 g/mol. The molecule has 1 aliphatic carbocycles. The normalized spacial score (nSPS) is 20.8. The van der Waals surface area contributed by atoms with Crippen LogP contribution in [-0.4, -0.2) is 15.6 Å². The fourth-order valence-electron chi connectivity index (χ4n) is 2.93. The van der Waals surface area contributed by atoms with Crippen molar-refractivity contribution in [3.8, 4) is 5.69 Å². The van der Waals surface area contributed by atoms with Crippen LogP contribution in [0.3, 0.4) is 0 Å². The highest BCUT2D eigenvalue weighted by atomic mass is 16.1. The minimum Gasteiger partial charge on any atom is -0.322 e. The minimum absolute atomic E-state index is 0.145. The molecule has 104 valence electrons. The summed E-state index contributed by atoms with van der Waals surface area (Å²) in [7, 11) is 0. The number of nitrogens with two attached hydrogens (primary N) is 1. The summed E-state index contributed by atoms with van der Waals surface area (Å²) in [6.45, 7) is 5.95. The molecule has 0 saturated heterocycles. The summed E-state index contributed by atoms with van der Waals surface area (Å²) >= 11 is 0. The number of fused-ring (bicyclic) bond motifs is 1. The van der Waals surface area contributed by atoms with E-state index in [1.807, 2.05) is 55.8 Å². The molecule has 0 aliphatic heterocycles. The first-order chi connectivity index (χ1) is 9.42. The number of nitrogens with zero attached hydrogens (tertiary/aromatic N) is 2. The van der Waals surface area contributed by atoms with Gasteiger partial charge in [0.25, 0.3) is 0 Å². The lowest BCUT2D eigenvalue weighted by Crippen LogP contribution is -2.38. The largest absolute Gasteiger partial charge is 0.322 e. The maximum absolute atomic E-state index is 12.4. The van der Waals surface area contributed by atoms with E-state index in [1.54, 1.807) is 0 Å². The van der Waals surface area contributed by atoms with Crippen LogP contribution in [0.2, 0.25) is 0 Å². The van der Waals surface area contributed by atoms with Crippen LogP contribution in [0.15, 0.2) is 30.3 Å². The van der Waals surface area contributed by atoms with Crippen LogP contribution in [0, 0.1) is 12.3 Å². The molecule has 1 heterocycles. The monoisotopic (exact) mass is 269 g/mol. The first-order valence-electron chi connectivity index (χ1n) is 6.85. The molecule has 2 aromatic rings. The standard InChI is InChI=1S/C16H19N3O/c1-10-13-12(20)9-16(2,3)15(17)14(13)19(18-10)11-7-5-4-6-8-11/h4-8,15H,9,17H2,1-3H3. The maximum Gasteiger partial charge on any atom is 0.167 e. The Bertz CT molecular complexity index is 671. The lowest BCUT2D eigenvalue weighted by atomic mass is 9.72. The Morgan fingerprint density at radius 2 is 1.95 bits per heavy atom. The molecule has 0 bridgehead atoms. The zero-order chi connectivity index (χ0) is 14.5. The van der Waals surface area contributed by atoms with E-state index in [9.17, 15) is 4.79 Å². The summed E-state index contributed by atoms with van der Waals surface area (Å²) in [5.74, 6) is 0.145. The van der Waals surface area contributed by atoms with Crippen molar-refractivity contribution in [1.82, 2.24) is 9.78 Å². The molecule has 1 aliphatic rings. The van der Waals surface area contributed by atoms with Crippen molar-refractivity contribution in [3.63, 3.8) is 0 Å². The van der Waals surface area contributed by atoms with E-state index in [0.29, 0.717) is 12.0 Å². The van der Waals surface area contributed by atoms with E-state index in [2.05, 4.69) is 5.10 Å². The first kappa shape index (κ1) is 13.1. The van der Waals surface area contributed by atoms with Crippen LogP contribution < -0.4 is 5.73 Å². The van der Waals surface area contributed by atoms with E-state index in [4.69, 9.17) is 5.73 Å². The highest BCUT2D eigenvalue weighted by Crippen LogP contribution is 2.43. The quantitative estimate of drug-likeness (QED) is 0.866. The Kier molecular flexibility index (Phi) is 2.80. The molecule has 0 spiro atoms. The molecule has 4 heteroatoms. The van der Waals surface area contributed by atoms with Gasteiger partial charge in [0.15, 0.2) is 5.78 Å². The van der Waals surface area contributed by atoms with E-state index >= 15 is 0 Å². The molecule has 1 aromatic heterocycles. The number of hydrogen-bond donors (Lipinski definition) is 1. The van der Waals surface area contributed by atoms with E-state index in [0.717, 1.165) is 17.1 Å². The van der Waals surface area contributed by atoms with Crippen molar-refractivity contribution in [2.24, 2.45) is 11.1 Å². The van der Waals surface area contributed by atoms with Crippen LogP contribution in [0.25, 0.3) is 5.69 Å². The summed E-state index contributed by atoms with van der Waals surface area (Å²) in [4.78, 5) is 12.4. The third-order valence-corrected chi connectivity index (χ3v) is 4.13. The summed E-state index contributed by atoms with van der Waals surface area (Å²) < 4.78 is 1.83. The van der Waals surface area contributed by atoms with Gasteiger partial charge in [-0.1, -0.05) is 32.0 Å². The number of hydrogen-bond acceptors (Lipinski definition) is 3. The highest BCUT2D eigenvalue weighted by Gasteiger charge is 2.42. The summed E-state index contributed by atoms with van der Waals surface area (Å²) in [6.07, 6.45) is 0.475. The molecule has 2 N–H and O–H groups in total. The predicted molar refractivity (Wildman–Crippen MR) is 78.0 cm³/mol. The van der Waals surface area contributed by atoms with Crippen LogP contribution in [0.1, 0.15) is 48.1 Å². The van der Waals surface area contributed by atoms with Gasteiger partial charge >= 0.3 is 0 Å². The summed E-state index contributed by atoms with van der Waals surface area (Å²) in [5.41, 5.74) is 9.44. The molecule has 3 rings (SSSR count). The smallest absolute Gasteiger partial charge is 0.167 e. The van der Waals surface area contributed by atoms with Gasteiger partial charge in [-0.3, -0.25) is 4.79 Å². The van der Waals surface area contributed by atoms with Crippen LogP contribution in [0.4, 0.5) is 0 Å². The van der Waals surface area contributed by atoms with Gasteiger partial charge in [-0.2, -0.15) is 5.10 Å². The van der Waals surface area contributed by atoms with E-state index in [-0.39, 0.29) is 17.2 Å². The molecule has 1 unspecified atom stereocenters. The van der Waals surface area contributed by atoms with Gasteiger partial charge in [-0.25, -0.2) is 4.68 Å². The van der Waals surface area contributed by atoms with Crippen molar-refractivity contribution in [1.29, 1.82) is 0 Å². The number of carbonyl (C=O) groups excluding carboxylic acids is 1. The molecule has 4 nitrogen and oxygen atoms in total. The Balaban J connectivity index is 2.26. The average Bonchev–Trinajstić information content (AvgIpc) is 2.75. The van der Waals surface area contributed by atoms with Gasteiger partial charge in [-0.05, 0) is 24.5 Å². The number of aryl methyl sites for hydroxylation is 1. The number of rotatable bonds is 1. The second kappa shape index (κ2) is 4.28. The molecular formula is C16H19N3O. The van der Waals surface area contributed by atoms with Crippen LogP contribution in [-0.2, 0) is 0 Å². The lowest BCUT2D eigenvalue weighted by Gasteiger charge is -2.35. The Morgan fingerprint density at radius 1 is 1.30 bits per heavy atom. The summed E-state index contributed by atoms with van der Waals surface area (Å²) in [5, 5.41) is 4.54. The lowest BCUT2D eigenvalue weighted by molar-refractivity contribution is 0.0881. The molecule has 1 aromatic carbocycles. The SMILES string of the molecule is Cc1nn(-c2ccccc2)c2c1C(=O)CC(C)(C)C2N. The van der Waals surface area contributed by atoms with Gasteiger partial charge in [0.1, 0.15) is 0 Å². The van der Waals surface area contributed by atoms with Crippen LogP contribution >= 0.6 is 0 Å². The number of benzene rings is 1. The summed E-state index contributed by atoms with van der Waals surface area (Å²) in [6, 6.07) is 9.63. The topological polar surface area (TPSA) is 60.9 Å². The van der Waals surface area contributed by atoms with Gasteiger partial charge in [0.05, 0.1) is 28.7 Å². The Morgan fingerprint density at radius 3 is 2.60 bits per heavy atom. The van der Waals surface area contributed by atoms with Crippen molar-refractivity contribution in [2.75, 3.05) is 0 Å². The van der Waals surface area contributed by atoms with E-state index in [1.165, 1.54) is 0 Å². The van der Waals surface area contributed by atoms with Gasteiger partial charge in [0, 0.05) is 6.42 Å². The predicted octanol–water partition coefficient (Wildman–Crippen LogP) is 2.79. The fraction of sp³-hybridized carbons (Fsp3) is 0.375. The molecule has 1 atom stereocenters.